The van der Waals surface area contributed by atoms with Crippen LogP contribution in [0.3, 0.4) is 0 Å². The number of nitrogens with zero attached hydrogens (tertiary/aromatic N) is 2. The van der Waals surface area contributed by atoms with E-state index in [1.807, 2.05) is 20.8 Å². The highest BCUT2D eigenvalue weighted by atomic mass is 16.5. The Kier molecular flexibility index (Phi) is 4.40. The molecule has 0 saturated carbocycles. The number of hydrogen-bond donors (Lipinski definition) is 0. The Balaban J connectivity index is 2.01. The minimum absolute atomic E-state index is 0.138. The lowest BCUT2D eigenvalue weighted by molar-refractivity contribution is 0.0641. The molecule has 5 heteroatoms. The van der Waals surface area contributed by atoms with E-state index in [2.05, 4.69) is 11.6 Å². The van der Waals surface area contributed by atoms with Crippen molar-refractivity contribution in [1.82, 2.24) is 9.88 Å². The van der Waals surface area contributed by atoms with Gasteiger partial charge in [0.2, 0.25) is 0 Å². The number of pyridine rings is 1. The number of aryl methyl sites for hydroxylation is 2. The molecule has 1 aliphatic heterocycles. The lowest BCUT2D eigenvalue weighted by atomic mass is 10.1. The first kappa shape index (κ1) is 16.9. The molecule has 1 aromatic heterocycles. The lowest BCUT2D eigenvalue weighted by Gasteiger charge is -2.21. The second kappa shape index (κ2) is 6.51. The van der Waals surface area contributed by atoms with Crippen LogP contribution in [0, 0.1) is 20.8 Å². The second-order valence-electron chi connectivity index (χ2n) is 6.06. The van der Waals surface area contributed by atoms with Crippen LogP contribution in [-0.4, -0.2) is 28.3 Å². The number of imide groups is 1. The number of carbonyl (C=O) groups excluding carboxylic acids is 2. The van der Waals surface area contributed by atoms with E-state index in [1.165, 1.54) is 4.90 Å². The SMILES string of the molecule is C=CCOc1c(C)c(C)nc(C)c1CN1C(=O)c2ccccc2C1=O. The van der Waals surface area contributed by atoms with Crippen LogP contribution in [0.4, 0.5) is 0 Å². The minimum atomic E-state index is -0.284. The van der Waals surface area contributed by atoms with Crippen molar-refractivity contribution in [2.75, 3.05) is 6.61 Å². The van der Waals surface area contributed by atoms with E-state index in [4.69, 9.17) is 4.74 Å². The summed E-state index contributed by atoms with van der Waals surface area (Å²) in [6.45, 7) is 9.86. The third-order valence-electron chi connectivity index (χ3n) is 4.47. The lowest BCUT2D eigenvalue weighted by Crippen LogP contribution is -2.30. The van der Waals surface area contributed by atoms with Gasteiger partial charge in [-0.2, -0.15) is 0 Å². The molecule has 0 spiro atoms. The quantitative estimate of drug-likeness (QED) is 0.620. The van der Waals surface area contributed by atoms with E-state index in [1.54, 1.807) is 30.3 Å². The highest BCUT2D eigenvalue weighted by Gasteiger charge is 2.36. The molecule has 0 saturated heterocycles. The predicted octanol–water partition coefficient (Wildman–Crippen LogP) is 3.37. The topological polar surface area (TPSA) is 59.5 Å². The first-order valence-electron chi connectivity index (χ1n) is 8.11. The van der Waals surface area contributed by atoms with Crippen LogP contribution in [0.5, 0.6) is 5.75 Å². The number of hydrogen-bond acceptors (Lipinski definition) is 4. The summed E-state index contributed by atoms with van der Waals surface area (Å²) in [6, 6.07) is 6.87. The molecule has 0 atom stereocenters. The summed E-state index contributed by atoms with van der Waals surface area (Å²) in [5, 5.41) is 0. The molecule has 0 radical (unpaired) electrons. The Hall–Kier alpha value is -2.95. The number of fused-ring (bicyclic) bond motifs is 1. The zero-order valence-corrected chi connectivity index (χ0v) is 14.6. The van der Waals surface area contributed by atoms with Gasteiger partial charge in [0.05, 0.1) is 17.7 Å². The van der Waals surface area contributed by atoms with Crippen LogP contribution in [0.25, 0.3) is 0 Å². The maximum absolute atomic E-state index is 12.6. The molecule has 2 heterocycles. The first-order valence-corrected chi connectivity index (χ1v) is 8.11. The summed E-state index contributed by atoms with van der Waals surface area (Å²) in [5.41, 5.74) is 4.14. The Bertz CT molecular complexity index is 852. The first-order chi connectivity index (χ1) is 12.0. The molecule has 25 heavy (non-hydrogen) atoms. The maximum Gasteiger partial charge on any atom is 0.261 e. The Morgan fingerprint density at radius 2 is 1.68 bits per heavy atom. The zero-order chi connectivity index (χ0) is 18.1. The van der Waals surface area contributed by atoms with Crippen molar-refractivity contribution in [3.05, 3.63) is 70.6 Å². The van der Waals surface area contributed by atoms with Gasteiger partial charge < -0.3 is 4.74 Å². The Morgan fingerprint density at radius 1 is 1.08 bits per heavy atom. The summed E-state index contributed by atoms with van der Waals surface area (Å²) in [5.74, 6) is 0.0993. The average Bonchev–Trinajstić information content (AvgIpc) is 2.84. The largest absolute Gasteiger partial charge is 0.489 e. The molecule has 3 rings (SSSR count). The fourth-order valence-corrected chi connectivity index (χ4v) is 3.02. The van der Waals surface area contributed by atoms with Crippen LogP contribution in [-0.2, 0) is 6.54 Å². The Morgan fingerprint density at radius 3 is 2.24 bits per heavy atom. The van der Waals surface area contributed by atoms with Gasteiger partial charge in [-0.3, -0.25) is 19.5 Å². The van der Waals surface area contributed by atoms with Gasteiger partial charge in [-0.15, -0.1) is 0 Å². The van der Waals surface area contributed by atoms with Crippen molar-refractivity contribution in [3.8, 4) is 5.75 Å². The van der Waals surface area contributed by atoms with Gasteiger partial charge in [-0.1, -0.05) is 24.8 Å². The van der Waals surface area contributed by atoms with Crippen molar-refractivity contribution in [1.29, 1.82) is 0 Å². The number of amides is 2. The third-order valence-corrected chi connectivity index (χ3v) is 4.47. The van der Waals surface area contributed by atoms with Crippen molar-refractivity contribution < 1.29 is 14.3 Å². The van der Waals surface area contributed by atoms with Crippen LogP contribution >= 0.6 is 0 Å². The monoisotopic (exact) mass is 336 g/mol. The van der Waals surface area contributed by atoms with Crippen LogP contribution in [0.15, 0.2) is 36.9 Å². The molecule has 1 aromatic carbocycles. The van der Waals surface area contributed by atoms with Crippen molar-refractivity contribution in [2.24, 2.45) is 0 Å². The van der Waals surface area contributed by atoms with Gasteiger partial charge in [0.15, 0.2) is 0 Å². The van der Waals surface area contributed by atoms with E-state index in [-0.39, 0.29) is 18.4 Å². The number of carbonyl (C=O) groups is 2. The number of rotatable bonds is 5. The minimum Gasteiger partial charge on any atom is -0.489 e. The smallest absolute Gasteiger partial charge is 0.261 e. The van der Waals surface area contributed by atoms with Gasteiger partial charge in [0.25, 0.3) is 11.8 Å². The van der Waals surface area contributed by atoms with Crippen LogP contribution < -0.4 is 4.74 Å². The van der Waals surface area contributed by atoms with Gasteiger partial charge >= 0.3 is 0 Å². The van der Waals surface area contributed by atoms with E-state index < -0.39 is 0 Å². The van der Waals surface area contributed by atoms with Gasteiger partial charge in [-0.25, -0.2) is 0 Å². The van der Waals surface area contributed by atoms with E-state index in [0.717, 1.165) is 22.5 Å². The molecular weight excluding hydrogens is 316 g/mol. The maximum atomic E-state index is 12.6. The standard InChI is InChI=1S/C20H20N2O3/c1-5-10-25-18-12(2)13(3)21-14(4)17(18)11-22-19(23)15-8-6-7-9-16(15)20(22)24/h5-9H,1,10-11H2,2-4H3. The summed E-state index contributed by atoms with van der Waals surface area (Å²) in [6.07, 6.45) is 1.66. The molecule has 0 aliphatic carbocycles. The highest BCUT2D eigenvalue weighted by molar-refractivity contribution is 6.21. The number of aromatic nitrogens is 1. The second-order valence-corrected chi connectivity index (χ2v) is 6.06. The summed E-state index contributed by atoms with van der Waals surface area (Å²) in [4.78, 5) is 31.0. The van der Waals surface area contributed by atoms with Gasteiger partial charge in [-0.05, 0) is 32.9 Å². The van der Waals surface area contributed by atoms with E-state index in [9.17, 15) is 9.59 Å². The van der Waals surface area contributed by atoms with Crippen LogP contribution in [0.2, 0.25) is 0 Å². The van der Waals surface area contributed by atoms with E-state index >= 15 is 0 Å². The van der Waals surface area contributed by atoms with E-state index in [0.29, 0.717) is 23.5 Å². The molecule has 0 bridgehead atoms. The molecule has 0 fully saturated rings. The van der Waals surface area contributed by atoms with Crippen molar-refractivity contribution in [2.45, 2.75) is 27.3 Å². The Labute approximate surface area is 146 Å². The molecule has 128 valence electrons. The number of benzene rings is 1. The molecule has 0 N–H and O–H groups in total. The van der Waals surface area contributed by atoms with Crippen LogP contribution in [0.1, 0.15) is 43.2 Å². The summed E-state index contributed by atoms with van der Waals surface area (Å²) < 4.78 is 5.83. The average molecular weight is 336 g/mol. The predicted molar refractivity (Wildman–Crippen MR) is 94.8 cm³/mol. The van der Waals surface area contributed by atoms with Crippen molar-refractivity contribution in [3.63, 3.8) is 0 Å². The molecule has 2 aromatic rings. The molecular formula is C20H20N2O3. The van der Waals surface area contributed by atoms with Gasteiger partial charge in [0.1, 0.15) is 12.4 Å². The molecule has 0 unspecified atom stereocenters. The zero-order valence-electron chi connectivity index (χ0n) is 14.6. The summed E-state index contributed by atoms with van der Waals surface area (Å²) >= 11 is 0. The van der Waals surface area contributed by atoms with Gasteiger partial charge in [0, 0.05) is 22.5 Å². The normalized spacial score (nSPS) is 13.2. The number of ether oxygens (including phenoxy) is 1. The highest BCUT2D eigenvalue weighted by Crippen LogP contribution is 2.32. The fourth-order valence-electron chi connectivity index (χ4n) is 3.02. The molecule has 2 amide bonds. The molecule has 1 aliphatic rings. The summed E-state index contributed by atoms with van der Waals surface area (Å²) in [7, 11) is 0. The molecule has 5 nitrogen and oxygen atoms in total. The fraction of sp³-hybridized carbons (Fsp3) is 0.250. The third kappa shape index (κ3) is 2.82. The van der Waals surface area contributed by atoms with Crippen molar-refractivity contribution >= 4 is 11.8 Å².